The van der Waals surface area contributed by atoms with Crippen molar-refractivity contribution in [1.29, 1.82) is 0 Å². The Morgan fingerprint density at radius 1 is 1.08 bits per heavy atom. The normalized spacial score (nSPS) is 22.6. The van der Waals surface area contributed by atoms with Gasteiger partial charge in [-0.2, -0.15) is 0 Å². The summed E-state index contributed by atoms with van der Waals surface area (Å²) < 4.78 is 20.0. The van der Waals surface area contributed by atoms with Crippen LogP contribution in [0.3, 0.4) is 0 Å². The Balaban J connectivity index is 0.00000172. The van der Waals surface area contributed by atoms with E-state index in [0.29, 0.717) is 25.3 Å². The highest BCUT2D eigenvalue weighted by molar-refractivity contribution is 6.08. The highest BCUT2D eigenvalue weighted by Gasteiger charge is 2.61. The number of amides is 3. The molecule has 0 radical (unpaired) electrons. The molecule has 39 heavy (non-hydrogen) atoms. The average molecular weight is 545 g/mol. The maximum absolute atomic E-state index is 14.6. The van der Waals surface area contributed by atoms with Crippen LogP contribution >= 0.6 is 0 Å². The summed E-state index contributed by atoms with van der Waals surface area (Å²) in [6, 6.07) is 9.07. The molecule has 210 valence electrons. The second-order valence-electron chi connectivity index (χ2n) is 9.37. The Hall–Kier alpha value is -3.42. The van der Waals surface area contributed by atoms with E-state index in [9.17, 15) is 34.1 Å². The first-order valence-corrected chi connectivity index (χ1v) is 12.9. The Kier molecular flexibility index (Phi) is 8.33. The van der Waals surface area contributed by atoms with Crippen molar-refractivity contribution in [3.8, 4) is 0 Å². The van der Waals surface area contributed by atoms with Crippen molar-refractivity contribution in [3.05, 3.63) is 64.5 Å². The van der Waals surface area contributed by atoms with Gasteiger partial charge in [-0.25, -0.2) is 9.29 Å². The van der Waals surface area contributed by atoms with Gasteiger partial charge in [-0.15, -0.1) is 0 Å². The van der Waals surface area contributed by atoms with E-state index in [2.05, 4.69) is 10.2 Å². The smallest absolute Gasteiger partial charge is 0.283 e. The molecule has 3 aliphatic heterocycles. The van der Waals surface area contributed by atoms with Gasteiger partial charge in [0.1, 0.15) is 5.82 Å². The van der Waals surface area contributed by atoms with Crippen LogP contribution in [0.5, 0.6) is 0 Å². The summed E-state index contributed by atoms with van der Waals surface area (Å²) in [6.07, 6.45) is -0.812. The number of nitrogens with one attached hydrogen (secondary N) is 2. The van der Waals surface area contributed by atoms with Gasteiger partial charge < -0.3 is 25.4 Å². The molecule has 3 heterocycles. The highest BCUT2D eigenvalue weighted by Crippen LogP contribution is 2.45. The first-order valence-electron chi connectivity index (χ1n) is 12.9. The van der Waals surface area contributed by atoms with Crippen LogP contribution in [-0.4, -0.2) is 74.9 Å². The molecule has 2 aromatic carbocycles. The molecule has 0 aromatic heterocycles. The second kappa shape index (κ2) is 11.4. The molecule has 1 unspecified atom stereocenters. The zero-order valence-electron chi connectivity index (χ0n) is 21.9. The monoisotopic (exact) mass is 544 g/mol. The van der Waals surface area contributed by atoms with E-state index >= 15 is 0 Å². The molecule has 5 N–H and O–H groups in total. The molecule has 2 fully saturated rings. The summed E-state index contributed by atoms with van der Waals surface area (Å²) >= 11 is 0. The van der Waals surface area contributed by atoms with Gasteiger partial charge in [0.05, 0.1) is 24.3 Å². The Labute approximate surface area is 225 Å². The van der Waals surface area contributed by atoms with Gasteiger partial charge in [0.25, 0.3) is 17.7 Å². The number of benzene rings is 2. The maximum atomic E-state index is 14.6. The van der Waals surface area contributed by atoms with Crippen LogP contribution in [0.25, 0.3) is 0 Å². The van der Waals surface area contributed by atoms with Gasteiger partial charge in [0.2, 0.25) is 11.6 Å². The number of nitrogens with zero attached hydrogens (tertiary/aromatic N) is 2. The minimum atomic E-state index is -3.08. The number of aliphatic hydroxyl groups is 3. The van der Waals surface area contributed by atoms with Crippen LogP contribution in [0, 0.1) is 5.82 Å². The molecule has 1 atom stereocenters. The summed E-state index contributed by atoms with van der Waals surface area (Å²) in [6.45, 7) is 7.42. The summed E-state index contributed by atoms with van der Waals surface area (Å²) in [5.74, 6) is -6.43. The van der Waals surface area contributed by atoms with Crippen molar-refractivity contribution in [3.63, 3.8) is 0 Å². The van der Waals surface area contributed by atoms with Crippen LogP contribution in [0.15, 0.2) is 36.4 Å². The van der Waals surface area contributed by atoms with E-state index < -0.39 is 41.6 Å². The first-order chi connectivity index (χ1) is 18.6. The standard InChI is InChI=1S/C25H27FN4O7.C2H6/c26-18-5-4-15(14-29-8-10-37-11-9-29)12-16(18)13-27-19-3-1-2-17-21(19)25(35,36)30(22(17)32)24(34)7-6-20(31)28-23(24)33;1-2/h1-5,12,27,34-36H,6-11,13-14H2,(H,28,31,33);1-2H3. The van der Waals surface area contributed by atoms with Crippen molar-refractivity contribution in [2.45, 2.75) is 51.4 Å². The quantitative estimate of drug-likeness (QED) is 0.265. The van der Waals surface area contributed by atoms with E-state index in [4.69, 9.17) is 4.74 Å². The van der Waals surface area contributed by atoms with Crippen LogP contribution in [-0.2, 0) is 33.3 Å². The van der Waals surface area contributed by atoms with E-state index in [-0.39, 0.29) is 34.7 Å². The van der Waals surface area contributed by atoms with Gasteiger partial charge in [-0.1, -0.05) is 26.0 Å². The Bertz CT molecular complexity index is 1260. The summed E-state index contributed by atoms with van der Waals surface area (Å²) in [4.78, 5) is 39.6. The van der Waals surface area contributed by atoms with Crippen LogP contribution in [0.2, 0.25) is 0 Å². The van der Waals surface area contributed by atoms with Crippen LogP contribution in [0.1, 0.15) is 53.7 Å². The lowest BCUT2D eigenvalue weighted by Crippen LogP contribution is -2.67. The number of morpholine rings is 1. The van der Waals surface area contributed by atoms with Crippen LogP contribution < -0.4 is 10.6 Å². The minimum Gasteiger partial charge on any atom is -0.380 e. The molecule has 0 aliphatic carbocycles. The van der Waals surface area contributed by atoms with Crippen LogP contribution in [0.4, 0.5) is 10.1 Å². The van der Waals surface area contributed by atoms with Gasteiger partial charge in [-0.05, 0) is 29.8 Å². The lowest BCUT2D eigenvalue weighted by atomic mass is 9.99. The van der Waals surface area contributed by atoms with Crippen molar-refractivity contribution in [2.24, 2.45) is 0 Å². The number of hydrogen-bond donors (Lipinski definition) is 5. The second-order valence-corrected chi connectivity index (χ2v) is 9.37. The molecular weight excluding hydrogens is 511 g/mol. The lowest BCUT2D eigenvalue weighted by Gasteiger charge is -2.42. The number of carbonyl (C=O) groups is 3. The van der Waals surface area contributed by atoms with E-state index in [1.807, 2.05) is 19.2 Å². The minimum absolute atomic E-state index is 0.0389. The predicted octanol–water partition coefficient (Wildman–Crippen LogP) is 0.972. The third-order valence-corrected chi connectivity index (χ3v) is 6.92. The summed E-state index contributed by atoms with van der Waals surface area (Å²) in [5, 5.41) is 37.9. The number of halogens is 1. The number of rotatable bonds is 6. The number of carbonyl (C=O) groups excluding carboxylic acids is 3. The first kappa shape index (κ1) is 28.6. The Morgan fingerprint density at radius 3 is 2.49 bits per heavy atom. The van der Waals surface area contributed by atoms with Gasteiger partial charge in [0, 0.05) is 50.3 Å². The fraction of sp³-hybridized carbons (Fsp3) is 0.444. The van der Waals surface area contributed by atoms with Crippen molar-refractivity contribution < 1.29 is 38.8 Å². The number of fused-ring (bicyclic) bond motifs is 1. The molecule has 3 amide bonds. The number of hydrogen-bond acceptors (Lipinski definition) is 9. The average Bonchev–Trinajstić information content (AvgIpc) is 3.14. The topological polar surface area (TPSA) is 152 Å². The molecular formula is C27H33FN4O7. The number of anilines is 1. The molecule has 2 aromatic rings. The zero-order valence-corrected chi connectivity index (χ0v) is 21.9. The number of ether oxygens (including phenoxy) is 1. The third-order valence-electron chi connectivity index (χ3n) is 6.92. The van der Waals surface area contributed by atoms with Gasteiger partial charge >= 0.3 is 0 Å². The molecule has 5 rings (SSSR count). The molecule has 0 spiro atoms. The summed E-state index contributed by atoms with van der Waals surface area (Å²) in [5.41, 5.74) is -1.77. The molecule has 0 saturated carbocycles. The molecule has 11 nitrogen and oxygen atoms in total. The molecule has 12 heteroatoms. The van der Waals surface area contributed by atoms with E-state index in [1.165, 1.54) is 24.3 Å². The molecule has 0 bridgehead atoms. The number of piperidine rings is 1. The number of imide groups is 1. The fourth-order valence-electron chi connectivity index (χ4n) is 5.01. The SMILES string of the molecule is CC.O=C1CCC(O)(N2C(=O)c3cccc(NCc4cc(CN5CCOCC5)ccc4F)c3C2(O)O)C(=O)N1. The maximum Gasteiger partial charge on any atom is 0.283 e. The van der Waals surface area contributed by atoms with Crippen molar-refractivity contribution in [2.75, 3.05) is 31.6 Å². The van der Waals surface area contributed by atoms with Crippen molar-refractivity contribution >= 4 is 23.4 Å². The zero-order chi connectivity index (χ0) is 28.4. The summed E-state index contributed by atoms with van der Waals surface area (Å²) in [7, 11) is 0. The largest absolute Gasteiger partial charge is 0.380 e. The third kappa shape index (κ3) is 5.38. The van der Waals surface area contributed by atoms with Gasteiger partial charge in [0.15, 0.2) is 0 Å². The highest BCUT2D eigenvalue weighted by atomic mass is 19.1. The van der Waals surface area contributed by atoms with E-state index in [0.717, 1.165) is 18.7 Å². The Morgan fingerprint density at radius 2 is 1.79 bits per heavy atom. The van der Waals surface area contributed by atoms with E-state index in [1.54, 1.807) is 12.1 Å². The molecule has 3 aliphatic rings. The fourth-order valence-corrected chi connectivity index (χ4v) is 5.01. The molecule has 2 saturated heterocycles. The predicted molar refractivity (Wildman–Crippen MR) is 137 cm³/mol. The lowest BCUT2D eigenvalue weighted by molar-refractivity contribution is -0.302. The van der Waals surface area contributed by atoms with Gasteiger partial charge in [-0.3, -0.25) is 24.6 Å². The van der Waals surface area contributed by atoms with Crippen molar-refractivity contribution in [1.82, 2.24) is 15.1 Å².